The van der Waals surface area contributed by atoms with Gasteiger partial charge < -0.3 is 9.64 Å². The molecule has 3 heterocycles. The van der Waals surface area contributed by atoms with E-state index < -0.39 is 0 Å². The molecule has 0 radical (unpaired) electrons. The van der Waals surface area contributed by atoms with E-state index in [4.69, 9.17) is 4.74 Å². The van der Waals surface area contributed by atoms with Crippen molar-refractivity contribution >= 4 is 5.91 Å². The molecular formula is C20H26N4O3. The highest BCUT2D eigenvalue weighted by Gasteiger charge is 2.23. The Bertz CT molecular complexity index is 870. The van der Waals surface area contributed by atoms with Crippen molar-refractivity contribution in [3.05, 3.63) is 52.0 Å². The van der Waals surface area contributed by atoms with E-state index in [9.17, 15) is 9.59 Å². The third-order valence-electron chi connectivity index (χ3n) is 5.14. The molecule has 0 spiro atoms. The summed E-state index contributed by atoms with van der Waals surface area (Å²) in [5.74, 6) is 1.22. The number of hydrogen-bond donors (Lipinski definition) is 0. The summed E-state index contributed by atoms with van der Waals surface area (Å²) in [4.78, 5) is 34.9. The summed E-state index contributed by atoms with van der Waals surface area (Å²) in [6, 6.07) is 3.79. The van der Waals surface area contributed by atoms with Crippen LogP contribution in [0, 0.1) is 26.7 Å². The highest BCUT2D eigenvalue weighted by atomic mass is 16.5. The maximum atomic E-state index is 12.5. The Kier molecular flexibility index (Phi) is 5.88. The molecule has 7 nitrogen and oxygen atoms in total. The maximum Gasteiger partial charge on any atom is 0.256 e. The van der Waals surface area contributed by atoms with Crippen LogP contribution in [-0.2, 0) is 11.3 Å². The first-order valence-electron chi connectivity index (χ1n) is 9.30. The predicted molar refractivity (Wildman–Crippen MR) is 102 cm³/mol. The summed E-state index contributed by atoms with van der Waals surface area (Å²) < 4.78 is 7.26. The van der Waals surface area contributed by atoms with Gasteiger partial charge in [-0.1, -0.05) is 0 Å². The number of aryl methyl sites for hydroxylation is 2. The smallest absolute Gasteiger partial charge is 0.256 e. The number of nitrogens with zero attached hydrogens (tertiary/aromatic N) is 4. The van der Waals surface area contributed by atoms with Crippen LogP contribution in [-0.4, -0.2) is 45.0 Å². The second-order valence-corrected chi connectivity index (χ2v) is 7.16. The highest BCUT2D eigenvalue weighted by molar-refractivity contribution is 5.76. The lowest BCUT2D eigenvalue weighted by Crippen LogP contribution is -2.42. The number of pyridine rings is 1. The van der Waals surface area contributed by atoms with Crippen LogP contribution in [0.15, 0.2) is 29.5 Å². The summed E-state index contributed by atoms with van der Waals surface area (Å²) in [6.45, 7) is 7.54. The lowest BCUT2D eigenvalue weighted by molar-refractivity contribution is -0.133. The lowest BCUT2D eigenvalue weighted by Gasteiger charge is -2.32. The average Bonchev–Trinajstić information content (AvgIpc) is 2.67. The van der Waals surface area contributed by atoms with Crippen LogP contribution in [0.25, 0.3) is 0 Å². The van der Waals surface area contributed by atoms with Gasteiger partial charge in [0, 0.05) is 42.3 Å². The molecule has 0 atom stereocenters. The fourth-order valence-corrected chi connectivity index (χ4v) is 3.21. The summed E-state index contributed by atoms with van der Waals surface area (Å²) in [5.41, 5.74) is 2.08. The summed E-state index contributed by atoms with van der Waals surface area (Å²) in [6.07, 6.45) is 5.00. The Balaban J connectivity index is 1.49. The van der Waals surface area contributed by atoms with Crippen molar-refractivity contribution in [2.75, 3.05) is 19.7 Å². The van der Waals surface area contributed by atoms with Gasteiger partial charge in [-0.3, -0.25) is 19.1 Å². The lowest BCUT2D eigenvalue weighted by atomic mass is 9.98. The molecule has 7 heteroatoms. The molecule has 0 aliphatic carbocycles. The van der Waals surface area contributed by atoms with Gasteiger partial charge in [0.05, 0.1) is 12.9 Å². The number of piperidine rings is 1. The maximum absolute atomic E-state index is 12.5. The number of ether oxygens (including phenoxy) is 1. The minimum Gasteiger partial charge on any atom is -0.493 e. The molecule has 2 aromatic rings. The van der Waals surface area contributed by atoms with Gasteiger partial charge in [-0.25, -0.2) is 4.98 Å². The summed E-state index contributed by atoms with van der Waals surface area (Å²) >= 11 is 0. The molecule has 0 unspecified atom stereocenters. The fraction of sp³-hybridized carbons (Fsp3) is 0.500. The first kappa shape index (κ1) is 19.1. The van der Waals surface area contributed by atoms with E-state index in [-0.39, 0.29) is 18.0 Å². The molecule has 1 saturated heterocycles. The Morgan fingerprint density at radius 3 is 2.67 bits per heavy atom. The third-order valence-corrected chi connectivity index (χ3v) is 5.14. The number of rotatable bonds is 5. The Morgan fingerprint density at radius 1 is 1.22 bits per heavy atom. The van der Waals surface area contributed by atoms with E-state index in [1.54, 1.807) is 20.0 Å². The zero-order valence-corrected chi connectivity index (χ0v) is 16.1. The molecule has 1 fully saturated rings. The second kappa shape index (κ2) is 8.33. The fourth-order valence-electron chi connectivity index (χ4n) is 3.21. The summed E-state index contributed by atoms with van der Waals surface area (Å²) in [5, 5.41) is 0. The van der Waals surface area contributed by atoms with E-state index in [1.165, 1.54) is 10.9 Å². The van der Waals surface area contributed by atoms with Crippen LogP contribution in [0.4, 0.5) is 0 Å². The monoisotopic (exact) mass is 370 g/mol. The van der Waals surface area contributed by atoms with E-state index in [0.29, 0.717) is 36.9 Å². The SMILES string of the molecule is Cc1cc(OCC2CCN(C(=O)Cn3cnc(C)c(C)c3=O)CC2)ccn1. The topological polar surface area (TPSA) is 77.3 Å². The van der Waals surface area contributed by atoms with Crippen molar-refractivity contribution in [2.45, 2.75) is 40.2 Å². The standard InChI is InChI=1S/C20H26N4O3/c1-14-10-18(4-7-21-14)27-12-17-5-8-23(9-6-17)19(25)11-24-13-22-16(3)15(2)20(24)26/h4,7,10,13,17H,5-6,8-9,11-12H2,1-3H3. The third kappa shape index (κ3) is 4.72. The molecule has 1 aliphatic heterocycles. The minimum atomic E-state index is -0.146. The normalized spacial score (nSPS) is 15.0. The van der Waals surface area contributed by atoms with Crippen LogP contribution in [0.1, 0.15) is 29.8 Å². The van der Waals surface area contributed by atoms with Gasteiger partial charge in [-0.15, -0.1) is 0 Å². The number of likely N-dealkylation sites (tertiary alicyclic amines) is 1. The summed E-state index contributed by atoms with van der Waals surface area (Å²) in [7, 11) is 0. The van der Waals surface area contributed by atoms with Gasteiger partial charge in [0.1, 0.15) is 12.3 Å². The number of hydrogen-bond acceptors (Lipinski definition) is 5. The molecule has 144 valence electrons. The molecule has 0 bridgehead atoms. The Morgan fingerprint density at radius 2 is 1.96 bits per heavy atom. The number of aromatic nitrogens is 3. The molecule has 0 N–H and O–H groups in total. The Hall–Kier alpha value is -2.70. The molecule has 2 aromatic heterocycles. The van der Waals surface area contributed by atoms with Crippen molar-refractivity contribution < 1.29 is 9.53 Å². The number of amides is 1. The predicted octanol–water partition coefficient (Wildman–Crippen LogP) is 1.88. The van der Waals surface area contributed by atoms with Gasteiger partial charge in [0.15, 0.2) is 0 Å². The molecule has 1 amide bonds. The van der Waals surface area contributed by atoms with Crippen LogP contribution >= 0.6 is 0 Å². The van der Waals surface area contributed by atoms with Crippen molar-refractivity contribution in [1.82, 2.24) is 19.4 Å². The largest absolute Gasteiger partial charge is 0.493 e. The van der Waals surface area contributed by atoms with E-state index in [2.05, 4.69) is 9.97 Å². The van der Waals surface area contributed by atoms with Gasteiger partial charge in [-0.2, -0.15) is 0 Å². The van der Waals surface area contributed by atoms with Crippen molar-refractivity contribution in [1.29, 1.82) is 0 Å². The van der Waals surface area contributed by atoms with E-state index in [1.807, 2.05) is 24.0 Å². The van der Waals surface area contributed by atoms with Gasteiger partial charge in [0.25, 0.3) is 5.56 Å². The molecule has 0 aromatic carbocycles. The molecule has 0 saturated carbocycles. The average molecular weight is 370 g/mol. The van der Waals surface area contributed by atoms with Crippen molar-refractivity contribution in [2.24, 2.45) is 5.92 Å². The molecule has 27 heavy (non-hydrogen) atoms. The zero-order chi connectivity index (χ0) is 19.4. The van der Waals surface area contributed by atoms with Gasteiger partial charge in [0.2, 0.25) is 5.91 Å². The van der Waals surface area contributed by atoms with Gasteiger partial charge in [-0.05, 0) is 45.6 Å². The quantitative estimate of drug-likeness (QED) is 0.803. The molecular weight excluding hydrogens is 344 g/mol. The number of carbonyl (C=O) groups excluding carboxylic acids is 1. The number of carbonyl (C=O) groups is 1. The van der Waals surface area contributed by atoms with Crippen LogP contribution < -0.4 is 10.3 Å². The van der Waals surface area contributed by atoms with E-state index >= 15 is 0 Å². The van der Waals surface area contributed by atoms with Crippen LogP contribution in [0.3, 0.4) is 0 Å². The first-order valence-corrected chi connectivity index (χ1v) is 9.30. The zero-order valence-electron chi connectivity index (χ0n) is 16.1. The van der Waals surface area contributed by atoms with Crippen LogP contribution in [0.5, 0.6) is 5.75 Å². The van der Waals surface area contributed by atoms with Gasteiger partial charge >= 0.3 is 0 Å². The molecule has 3 rings (SSSR count). The van der Waals surface area contributed by atoms with Crippen molar-refractivity contribution in [3.8, 4) is 5.75 Å². The van der Waals surface area contributed by atoms with Crippen LogP contribution in [0.2, 0.25) is 0 Å². The van der Waals surface area contributed by atoms with Crippen molar-refractivity contribution in [3.63, 3.8) is 0 Å². The first-order chi connectivity index (χ1) is 12.9. The Labute approximate surface area is 159 Å². The second-order valence-electron chi connectivity index (χ2n) is 7.16. The highest BCUT2D eigenvalue weighted by Crippen LogP contribution is 2.20. The van der Waals surface area contributed by atoms with E-state index in [0.717, 1.165) is 24.3 Å². The molecule has 1 aliphatic rings. The minimum absolute atomic E-state index is 0.0359.